The molecule has 1 fully saturated rings. The molecule has 0 spiro atoms. The van der Waals surface area contributed by atoms with Crippen molar-refractivity contribution >= 4 is 29.5 Å². The summed E-state index contributed by atoms with van der Waals surface area (Å²) in [5.74, 6) is 0.717. The molecule has 1 aliphatic rings. The highest BCUT2D eigenvalue weighted by atomic mass is 32.1. The van der Waals surface area contributed by atoms with Crippen molar-refractivity contribution in [2.75, 3.05) is 20.8 Å². The Morgan fingerprint density at radius 3 is 2.80 bits per heavy atom. The number of hydrogen-bond acceptors (Lipinski definition) is 6. The number of carbonyl (C=O) groups excluding carboxylic acids is 1. The molecule has 0 bridgehead atoms. The Bertz CT molecular complexity index is 647. The van der Waals surface area contributed by atoms with E-state index >= 15 is 0 Å². The minimum Gasteiger partial charge on any atom is -0.493 e. The van der Waals surface area contributed by atoms with Gasteiger partial charge in [0.15, 0.2) is 16.6 Å². The van der Waals surface area contributed by atoms with E-state index in [0.29, 0.717) is 23.2 Å². The first-order chi connectivity index (χ1) is 12.0. The van der Waals surface area contributed by atoms with Gasteiger partial charge in [-0.15, -0.1) is 0 Å². The van der Waals surface area contributed by atoms with Crippen LogP contribution in [0.25, 0.3) is 0 Å². The predicted molar refractivity (Wildman–Crippen MR) is 99.2 cm³/mol. The van der Waals surface area contributed by atoms with Crippen molar-refractivity contribution < 1.29 is 19.0 Å². The summed E-state index contributed by atoms with van der Waals surface area (Å²) in [6.07, 6.45) is 3.40. The van der Waals surface area contributed by atoms with Gasteiger partial charge in [-0.1, -0.05) is 0 Å². The molecule has 0 amide bonds. The number of rotatable bonds is 8. The molecule has 0 aromatic heterocycles. The fourth-order valence-electron chi connectivity index (χ4n) is 2.07. The molecule has 7 nitrogen and oxygen atoms in total. The zero-order chi connectivity index (χ0) is 18.2. The number of ether oxygens (including phenoxy) is 3. The standard InChI is InChI=1S/C17H23N3O4S/c1-11(10-22-2)19-17(25)20-18-9-12-4-7-14(15(8-12)23-3)24-16(21)13-5-6-13/h4,7-9,11,13H,5-6,10H2,1-3H3,(H2,19,20,25)/b18-9-/t11-/m1/s1. The van der Waals surface area contributed by atoms with Gasteiger partial charge in [-0.3, -0.25) is 10.2 Å². The van der Waals surface area contributed by atoms with Crippen LogP contribution in [0.5, 0.6) is 11.5 Å². The molecule has 1 saturated carbocycles. The van der Waals surface area contributed by atoms with Crippen LogP contribution in [0.1, 0.15) is 25.3 Å². The lowest BCUT2D eigenvalue weighted by Crippen LogP contribution is -2.40. The van der Waals surface area contributed by atoms with E-state index in [4.69, 9.17) is 26.4 Å². The second-order valence-electron chi connectivity index (χ2n) is 5.81. The summed E-state index contributed by atoms with van der Waals surface area (Å²) >= 11 is 5.13. The van der Waals surface area contributed by atoms with Gasteiger partial charge >= 0.3 is 5.97 Å². The third-order valence-corrected chi connectivity index (χ3v) is 3.69. The first-order valence-electron chi connectivity index (χ1n) is 8.01. The van der Waals surface area contributed by atoms with Crippen LogP contribution >= 0.6 is 12.2 Å². The maximum atomic E-state index is 11.8. The summed E-state index contributed by atoms with van der Waals surface area (Å²) in [4.78, 5) is 11.8. The Balaban J connectivity index is 1.90. The molecule has 0 aliphatic heterocycles. The van der Waals surface area contributed by atoms with E-state index in [1.807, 2.05) is 6.92 Å². The van der Waals surface area contributed by atoms with Crippen molar-refractivity contribution in [3.8, 4) is 11.5 Å². The smallest absolute Gasteiger partial charge is 0.314 e. The fraction of sp³-hybridized carbons (Fsp3) is 0.471. The third kappa shape index (κ3) is 6.32. The zero-order valence-electron chi connectivity index (χ0n) is 14.6. The van der Waals surface area contributed by atoms with Crippen LogP contribution in [-0.2, 0) is 9.53 Å². The van der Waals surface area contributed by atoms with Gasteiger partial charge in [0.25, 0.3) is 0 Å². The quantitative estimate of drug-likeness (QED) is 0.239. The van der Waals surface area contributed by atoms with E-state index in [9.17, 15) is 4.79 Å². The molecular weight excluding hydrogens is 342 g/mol. The van der Waals surface area contributed by atoms with Crippen LogP contribution in [0.4, 0.5) is 0 Å². The molecular formula is C17H23N3O4S. The summed E-state index contributed by atoms with van der Waals surface area (Å²) in [5, 5.41) is 7.52. The van der Waals surface area contributed by atoms with Crippen molar-refractivity contribution in [3.63, 3.8) is 0 Å². The van der Waals surface area contributed by atoms with Crippen molar-refractivity contribution in [1.82, 2.24) is 10.7 Å². The number of carbonyl (C=O) groups is 1. The lowest BCUT2D eigenvalue weighted by molar-refractivity contribution is -0.135. The van der Waals surface area contributed by atoms with Crippen LogP contribution in [-0.4, -0.2) is 44.2 Å². The van der Waals surface area contributed by atoms with E-state index in [1.54, 1.807) is 31.5 Å². The van der Waals surface area contributed by atoms with Crippen molar-refractivity contribution in [2.45, 2.75) is 25.8 Å². The van der Waals surface area contributed by atoms with Gasteiger partial charge in [0.1, 0.15) is 0 Å². The van der Waals surface area contributed by atoms with Gasteiger partial charge < -0.3 is 19.5 Å². The Morgan fingerprint density at radius 2 is 2.16 bits per heavy atom. The molecule has 136 valence electrons. The lowest BCUT2D eigenvalue weighted by atomic mass is 10.2. The second kappa shape index (κ2) is 9.33. The fourth-order valence-corrected chi connectivity index (χ4v) is 2.33. The maximum absolute atomic E-state index is 11.8. The number of hydrogen-bond donors (Lipinski definition) is 2. The molecule has 25 heavy (non-hydrogen) atoms. The summed E-state index contributed by atoms with van der Waals surface area (Å²) < 4.78 is 15.7. The highest BCUT2D eigenvalue weighted by Gasteiger charge is 2.32. The minimum absolute atomic E-state index is 0.0316. The molecule has 0 saturated heterocycles. The first-order valence-corrected chi connectivity index (χ1v) is 8.42. The largest absolute Gasteiger partial charge is 0.493 e. The van der Waals surface area contributed by atoms with Gasteiger partial charge in [-0.25, -0.2) is 0 Å². The molecule has 0 radical (unpaired) electrons. The highest BCUT2D eigenvalue weighted by molar-refractivity contribution is 7.80. The van der Waals surface area contributed by atoms with Gasteiger partial charge in [0, 0.05) is 13.2 Å². The van der Waals surface area contributed by atoms with E-state index < -0.39 is 0 Å². The number of hydrazone groups is 1. The van der Waals surface area contributed by atoms with Crippen LogP contribution in [0, 0.1) is 5.92 Å². The van der Waals surface area contributed by atoms with Crippen LogP contribution < -0.4 is 20.2 Å². The number of methoxy groups -OCH3 is 2. The van der Waals surface area contributed by atoms with Gasteiger partial charge in [0.2, 0.25) is 0 Å². The molecule has 1 aromatic rings. The summed E-state index contributed by atoms with van der Waals surface area (Å²) in [5.41, 5.74) is 3.52. The summed E-state index contributed by atoms with van der Waals surface area (Å²) in [7, 11) is 3.16. The van der Waals surface area contributed by atoms with Gasteiger partial charge in [-0.2, -0.15) is 5.10 Å². The number of nitrogens with one attached hydrogen (secondary N) is 2. The van der Waals surface area contributed by atoms with Crippen LogP contribution in [0.2, 0.25) is 0 Å². The SMILES string of the molecule is COC[C@@H](C)NC(=S)N/N=C\c1ccc(OC(=O)C2CC2)c(OC)c1. The van der Waals surface area contributed by atoms with Gasteiger partial charge in [0.05, 0.1) is 25.8 Å². The van der Waals surface area contributed by atoms with E-state index in [2.05, 4.69) is 15.8 Å². The van der Waals surface area contributed by atoms with Crippen LogP contribution in [0.3, 0.4) is 0 Å². The Labute approximate surface area is 152 Å². The molecule has 1 aliphatic carbocycles. The maximum Gasteiger partial charge on any atom is 0.314 e. The van der Waals surface area contributed by atoms with E-state index in [1.165, 1.54) is 7.11 Å². The topological polar surface area (TPSA) is 81.2 Å². The molecule has 0 heterocycles. The number of nitrogens with zero attached hydrogens (tertiary/aromatic N) is 1. The minimum atomic E-state index is -0.206. The average molecular weight is 365 g/mol. The van der Waals surface area contributed by atoms with Crippen molar-refractivity contribution in [2.24, 2.45) is 11.0 Å². The van der Waals surface area contributed by atoms with Crippen LogP contribution in [0.15, 0.2) is 23.3 Å². The molecule has 1 atom stereocenters. The molecule has 2 rings (SSSR count). The van der Waals surface area contributed by atoms with Crippen molar-refractivity contribution in [1.29, 1.82) is 0 Å². The number of benzene rings is 1. The molecule has 0 unspecified atom stereocenters. The Hall–Kier alpha value is -2.19. The molecule has 8 heteroatoms. The van der Waals surface area contributed by atoms with Crippen molar-refractivity contribution in [3.05, 3.63) is 23.8 Å². The Morgan fingerprint density at radius 1 is 1.40 bits per heavy atom. The zero-order valence-corrected chi connectivity index (χ0v) is 15.4. The second-order valence-corrected chi connectivity index (χ2v) is 6.21. The first kappa shape index (κ1) is 19.1. The summed E-state index contributed by atoms with van der Waals surface area (Å²) in [6, 6.07) is 5.30. The average Bonchev–Trinajstić information content (AvgIpc) is 3.41. The molecule has 2 N–H and O–H groups in total. The monoisotopic (exact) mass is 365 g/mol. The number of esters is 1. The molecule has 1 aromatic carbocycles. The van der Waals surface area contributed by atoms with Gasteiger partial charge in [-0.05, 0) is 55.7 Å². The third-order valence-electron chi connectivity index (χ3n) is 3.48. The lowest BCUT2D eigenvalue weighted by Gasteiger charge is -2.13. The van der Waals surface area contributed by atoms with E-state index in [-0.39, 0.29) is 17.9 Å². The number of thiocarbonyl (C=S) groups is 1. The normalized spacial score (nSPS) is 14.8. The highest BCUT2D eigenvalue weighted by Crippen LogP contribution is 2.34. The summed E-state index contributed by atoms with van der Waals surface area (Å²) in [6.45, 7) is 2.50. The Kier molecular flexibility index (Phi) is 7.15. The van der Waals surface area contributed by atoms with E-state index in [0.717, 1.165) is 18.4 Å². The predicted octanol–water partition coefficient (Wildman–Crippen LogP) is 1.84.